The number of hydrogen-bond donors (Lipinski definition) is 1. The highest BCUT2D eigenvalue weighted by molar-refractivity contribution is 5.73. The number of aromatic nitrogens is 3. The number of anilines is 1. The summed E-state index contributed by atoms with van der Waals surface area (Å²) >= 11 is 0. The fourth-order valence-electron chi connectivity index (χ4n) is 1.65. The number of nitrogens with one attached hydrogen (secondary N) is 1. The Hall–Kier alpha value is -1.97. The topological polar surface area (TPSA) is 50.7 Å². The van der Waals surface area contributed by atoms with Gasteiger partial charge in [0.1, 0.15) is 5.69 Å². The van der Waals surface area contributed by atoms with Crippen molar-refractivity contribution in [2.75, 3.05) is 11.9 Å². The van der Waals surface area contributed by atoms with E-state index in [0.29, 0.717) is 0 Å². The molecule has 0 atom stereocenters. The molecule has 0 aliphatic rings. The average molecular weight is 228 g/mol. The summed E-state index contributed by atoms with van der Waals surface area (Å²) in [6.45, 7) is 5.05. The third-order valence-electron chi connectivity index (χ3n) is 2.52. The molecule has 0 saturated carbocycles. The van der Waals surface area contributed by atoms with Gasteiger partial charge in [0.15, 0.2) is 5.82 Å². The Morgan fingerprint density at radius 1 is 1.18 bits per heavy atom. The van der Waals surface area contributed by atoms with Gasteiger partial charge in [-0.25, -0.2) is 4.98 Å². The molecule has 0 aliphatic carbocycles. The van der Waals surface area contributed by atoms with Crippen molar-refractivity contribution in [1.82, 2.24) is 15.0 Å². The predicted octanol–water partition coefficient (Wildman–Crippen LogP) is 2.67. The number of rotatable bonds is 4. The van der Waals surface area contributed by atoms with Crippen molar-refractivity contribution in [3.63, 3.8) is 0 Å². The summed E-state index contributed by atoms with van der Waals surface area (Å²) in [7, 11) is 0. The maximum Gasteiger partial charge on any atom is 0.152 e. The molecule has 88 valence electrons. The zero-order chi connectivity index (χ0) is 12.1. The first kappa shape index (κ1) is 11.5. The maximum atomic E-state index is 4.41. The Balaban J connectivity index is 2.41. The van der Waals surface area contributed by atoms with Gasteiger partial charge in [-0.3, -0.25) is 9.97 Å². The average Bonchev–Trinajstić information content (AvgIpc) is 2.37. The molecule has 4 heteroatoms. The lowest BCUT2D eigenvalue weighted by atomic mass is 10.1. The van der Waals surface area contributed by atoms with Gasteiger partial charge in [-0.1, -0.05) is 6.92 Å². The maximum absolute atomic E-state index is 4.41. The highest BCUT2D eigenvalue weighted by atomic mass is 15.0. The minimum absolute atomic E-state index is 0.837. The van der Waals surface area contributed by atoms with Gasteiger partial charge in [0.2, 0.25) is 0 Å². The number of hydrogen-bond acceptors (Lipinski definition) is 4. The van der Waals surface area contributed by atoms with Crippen LogP contribution in [0.15, 0.2) is 30.9 Å². The first-order valence-electron chi connectivity index (χ1n) is 5.78. The van der Waals surface area contributed by atoms with Crippen molar-refractivity contribution >= 4 is 5.82 Å². The second-order valence-electron chi connectivity index (χ2n) is 3.87. The molecule has 4 nitrogen and oxygen atoms in total. The highest BCUT2D eigenvalue weighted by Gasteiger charge is 2.09. The zero-order valence-electron chi connectivity index (χ0n) is 10.1. The smallest absolute Gasteiger partial charge is 0.152 e. The van der Waals surface area contributed by atoms with Crippen LogP contribution in [0.25, 0.3) is 11.3 Å². The van der Waals surface area contributed by atoms with Gasteiger partial charge in [0, 0.05) is 36.9 Å². The lowest BCUT2D eigenvalue weighted by Crippen LogP contribution is -2.05. The van der Waals surface area contributed by atoms with Gasteiger partial charge in [-0.2, -0.15) is 0 Å². The highest BCUT2D eigenvalue weighted by Crippen LogP contribution is 2.25. The third-order valence-corrected chi connectivity index (χ3v) is 2.52. The standard InChI is InChI=1S/C13H16N4/c1-3-5-16-13-12(15-7-8-17-13)11-4-6-14-9-10(11)2/h4,6-9H,3,5H2,1-2H3,(H,16,17). The van der Waals surface area contributed by atoms with E-state index in [2.05, 4.69) is 27.2 Å². The van der Waals surface area contributed by atoms with Crippen LogP contribution >= 0.6 is 0 Å². The molecular formula is C13H16N4. The van der Waals surface area contributed by atoms with Crippen molar-refractivity contribution in [1.29, 1.82) is 0 Å². The van der Waals surface area contributed by atoms with Crippen molar-refractivity contribution in [2.24, 2.45) is 0 Å². The molecule has 0 bridgehead atoms. The van der Waals surface area contributed by atoms with Crippen LogP contribution in [-0.2, 0) is 0 Å². The molecule has 0 fully saturated rings. The minimum Gasteiger partial charge on any atom is -0.368 e. The van der Waals surface area contributed by atoms with Gasteiger partial charge in [-0.15, -0.1) is 0 Å². The van der Waals surface area contributed by atoms with Crippen molar-refractivity contribution in [2.45, 2.75) is 20.3 Å². The summed E-state index contributed by atoms with van der Waals surface area (Å²) in [4.78, 5) is 12.8. The monoisotopic (exact) mass is 228 g/mol. The van der Waals surface area contributed by atoms with Crippen LogP contribution < -0.4 is 5.32 Å². The van der Waals surface area contributed by atoms with Crippen molar-refractivity contribution < 1.29 is 0 Å². The number of aryl methyl sites for hydroxylation is 1. The summed E-state index contributed by atoms with van der Waals surface area (Å²) in [5.74, 6) is 0.837. The molecule has 0 spiro atoms. The van der Waals surface area contributed by atoms with E-state index in [9.17, 15) is 0 Å². The summed E-state index contributed by atoms with van der Waals surface area (Å²) in [5, 5.41) is 3.29. The molecule has 0 amide bonds. The Labute approximate surface area is 101 Å². The van der Waals surface area contributed by atoms with E-state index in [1.807, 2.05) is 19.2 Å². The van der Waals surface area contributed by atoms with E-state index in [0.717, 1.165) is 35.6 Å². The molecule has 2 heterocycles. The van der Waals surface area contributed by atoms with Crippen LogP contribution in [0.2, 0.25) is 0 Å². The van der Waals surface area contributed by atoms with Gasteiger partial charge in [-0.05, 0) is 25.0 Å². The fourth-order valence-corrected chi connectivity index (χ4v) is 1.65. The Morgan fingerprint density at radius 2 is 2.00 bits per heavy atom. The van der Waals surface area contributed by atoms with Gasteiger partial charge in [0.05, 0.1) is 0 Å². The molecular weight excluding hydrogens is 212 g/mol. The van der Waals surface area contributed by atoms with Crippen LogP contribution in [0.4, 0.5) is 5.82 Å². The summed E-state index contributed by atoms with van der Waals surface area (Å²) in [6, 6.07) is 1.97. The van der Waals surface area contributed by atoms with E-state index in [1.165, 1.54) is 0 Å². The molecule has 0 radical (unpaired) electrons. The van der Waals surface area contributed by atoms with Crippen LogP contribution in [0.3, 0.4) is 0 Å². The lowest BCUT2D eigenvalue weighted by molar-refractivity contribution is 0.965. The molecule has 0 aromatic carbocycles. The summed E-state index contributed by atoms with van der Waals surface area (Å²) in [6.07, 6.45) is 8.10. The van der Waals surface area contributed by atoms with E-state index >= 15 is 0 Å². The van der Waals surface area contributed by atoms with Crippen molar-refractivity contribution in [3.8, 4) is 11.3 Å². The first-order valence-corrected chi connectivity index (χ1v) is 5.78. The molecule has 2 aromatic rings. The Bertz CT molecular complexity index is 496. The van der Waals surface area contributed by atoms with E-state index in [4.69, 9.17) is 0 Å². The van der Waals surface area contributed by atoms with Crippen LogP contribution in [0, 0.1) is 6.92 Å². The fraction of sp³-hybridized carbons (Fsp3) is 0.308. The van der Waals surface area contributed by atoms with Crippen LogP contribution in [-0.4, -0.2) is 21.5 Å². The molecule has 0 aliphatic heterocycles. The Morgan fingerprint density at radius 3 is 2.76 bits per heavy atom. The lowest BCUT2D eigenvalue weighted by Gasteiger charge is -2.10. The predicted molar refractivity (Wildman–Crippen MR) is 68.8 cm³/mol. The quantitative estimate of drug-likeness (QED) is 0.874. The first-order chi connectivity index (χ1) is 8.33. The van der Waals surface area contributed by atoms with Gasteiger partial charge >= 0.3 is 0 Å². The third kappa shape index (κ3) is 2.58. The normalized spacial score (nSPS) is 10.2. The van der Waals surface area contributed by atoms with Gasteiger partial charge < -0.3 is 5.32 Å². The molecule has 0 unspecified atom stereocenters. The SMILES string of the molecule is CCCNc1nccnc1-c1ccncc1C. The van der Waals surface area contributed by atoms with Crippen LogP contribution in [0.5, 0.6) is 0 Å². The van der Waals surface area contributed by atoms with Crippen molar-refractivity contribution in [3.05, 3.63) is 36.4 Å². The Kier molecular flexibility index (Phi) is 3.65. The molecule has 17 heavy (non-hydrogen) atoms. The molecule has 0 saturated heterocycles. The molecule has 1 N–H and O–H groups in total. The van der Waals surface area contributed by atoms with E-state index in [-0.39, 0.29) is 0 Å². The number of pyridine rings is 1. The summed E-state index contributed by atoms with van der Waals surface area (Å²) in [5.41, 5.74) is 3.07. The second-order valence-corrected chi connectivity index (χ2v) is 3.87. The number of nitrogens with zero attached hydrogens (tertiary/aromatic N) is 3. The van der Waals surface area contributed by atoms with E-state index in [1.54, 1.807) is 18.6 Å². The second kappa shape index (κ2) is 5.39. The van der Waals surface area contributed by atoms with E-state index < -0.39 is 0 Å². The largest absolute Gasteiger partial charge is 0.368 e. The van der Waals surface area contributed by atoms with Crippen LogP contribution in [0.1, 0.15) is 18.9 Å². The zero-order valence-corrected chi connectivity index (χ0v) is 10.1. The molecule has 2 aromatic heterocycles. The van der Waals surface area contributed by atoms with Gasteiger partial charge in [0.25, 0.3) is 0 Å². The minimum atomic E-state index is 0.837. The molecule has 2 rings (SSSR count). The summed E-state index contributed by atoms with van der Waals surface area (Å²) < 4.78 is 0.